The standard InChI is InChI=1S/C22H23N5O2S/c1-16-18(24-22(29-16)19-5-4-12-30-19)13-21(28)26-10-8-25(9-11-26)14-17-15-27-7-3-2-6-20(27)23-17/h2-7,12,15H,8-11,13-14H2,1H3. The van der Waals surface area contributed by atoms with Gasteiger partial charge in [-0.2, -0.15) is 0 Å². The largest absolute Gasteiger partial charge is 0.440 e. The number of oxazole rings is 1. The molecule has 0 spiro atoms. The molecular weight excluding hydrogens is 398 g/mol. The second-order valence-electron chi connectivity index (χ2n) is 7.53. The van der Waals surface area contributed by atoms with Crippen LogP contribution in [0.3, 0.4) is 0 Å². The molecule has 7 nitrogen and oxygen atoms in total. The number of carbonyl (C=O) groups excluding carboxylic acids is 1. The summed E-state index contributed by atoms with van der Waals surface area (Å²) in [6, 6.07) is 9.95. The lowest BCUT2D eigenvalue weighted by Crippen LogP contribution is -2.48. The van der Waals surface area contributed by atoms with Crippen molar-refractivity contribution in [2.24, 2.45) is 0 Å². The maximum absolute atomic E-state index is 12.8. The molecule has 1 saturated heterocycles. The molecule has 0 unspecified atom stereocenters. The number of amides is 1. The molecule has 0 radical (unpaired) electrons. The number of nitrogens with zero attached hydrogens (tertiary/aromatic N) is 5. The van der Waals surface area contributed by atoms with Crippen molar-refractivity contribution in [1.82, 2.24) is 24.2 Å². The quantitative estimate of drug-likeness (QED) is 0.495. The number of pyridine rings is 1. The fourth-order valence-electron chi connectivity index (χ4n) is 3.80. The minimum Gasteiger partial charge on any atom is -0.440 e. The maximum Gasteiger partial charge on any atom is 0.236 e. The second kappa shape index (κ2) is 8.04. The molecule has 30 heavy (non-hydrogen) atoms. The van der Waals surface area contributed by atoms with E-state index in [2.05, 4.69) is 21.1 Å². The fraction of sp³-hybridized carbons (Fsp3) is 0.318. The van der Waals surface area contributed by atoms with Crippen molar-refractivity contribution in [1.29, 1.82) is 0 Å². The Morgan fingerprint density at radius 2 is 2.00 bits per heavy atom. The predicted molar refractivity (Wildman–Crippen MR) is 115 cm³/mol. The summed E-state index contributed by atoms with van der Waals surface area (Å²) >= 11 is 1.58. The van der Waals surface area contributed by atoms with Gasteiger partial charge in [0.15, 0.2) is 0 Å². The molecule has 0 atom stereocenters. The Balaban J connectivity index is 1.17. The Labute approximate surface area is 178 Å². The lowest BCUT2D eigenvalue weighted by Gasteiger charge is -2.34. The molecule has 1 amide bonds. The number of hydrogen-bond acceptors (Lipinski definition) is 6. The van der Waals surface area contributed by atoms with Gasteiger partial charge in [-0.3, -0.25) is 9.69 Å². The molecule has 0 bridgehead atoms. The second-order valence-corrected chi connectivity index (χ2v) is 8.48. The number of fused-ring (bicyclic) bond motifs is 1. The molecule has 5 heterocycles. The van der Waals surface area contributed by atoms with E-state index in [1.807, 2.05) is 58.1 Å². The van der Waals surface area contributed by atoms with Gasteiger partial charge in [-0.05, 0) is 30.5 Å². The summed E-state index contributed by atoms with van der Waals surface area (Å²) in [6.07, 6.45) is 4.37. The third-order valence-corrected chi connectivity index (χ3v) is 6.33. The van der Waals surface area contributed by atoms with Crippen molar-refractivity contribution in [3.05, 3.63) is 65.3 Å². The van der Waals surface area contributed by atoms with Crippen LogP contribution >= 0.6 is 11.3 Å². The van der Waals surface area contributed by atoms with Crippen molar-refractivity contribution >= 4 is 22.9 Å². The van der Waals surface area contributed by atoms with Crippen molar-refractivity contribution in [3.8, 4) is 10.8 Å². The summed E-state index contributed by atoms with van der Waals surface area (Å²) < 4.78 is 7.81. The first kappa shape index (κ1) is 19.0. The first-order valence-electron chi connectivity index (χ1n) is 10.1. The summed E-state index contributed by atoms with van der Waals surface area (Å²) in [5.41, 5.74) is 2.75. The van der Waals surface area contributed by atoms with Gasteiger partial charge in [0.05, 0.1) is 22.7 Å². The molecule has 4 aromatic rings. The number of carbonyl (C=O) groups is 1. The average molecular weight is 422 g/mol. The van der Waals surface area contributed by atoms with Gasteiger partial charge in [-0.1, -0.05) is 12.1 Å². The van der Waals surface area contributed by atoms with Crippen LogP contribution in [0.4, 0.5) is 0 Å². The molecule has 0 aromatic carbocycles. The molecule has 1 aliphatic rings. The van der Waals surface area contributed by atoms with Gasteiger partial charge in [0, 0.05) is 45.1 Å². The van der Waals surface area contributed by atoms with Crippen LogP contribution in [0.1, 0.15) is 17.1 Å². The topological polar surface area (TPSA) is 66.9 Å². The zero-order valence-corrected chi connectivity index (χ0v) is 17.6. The summed E-state index contributed by atoms with van der Waals surface area (Å²) in [6.45, 7) is 5.81. The van der Waals surface area contributed by atoms with Crippen LogP contribution in [-0.2, 0) is 17.8 Å². The zero-order valence-electron chi connectivity index (χ0n) is 16.8. The summed E-state index contributed by atoms with van der Waals surface area (Å²) in [7, 11) is 0. The SMILES string of the molecule is Cc1oc(-c2cccs2)nc1CC(=O)N1CCN(Cc2cn3ccccc3n2)CC1. The molecule has 8 heteroatoms. The lowest BCUT2D eigenvalue weighted by atomic mass is 10.2. The van der Waals surface area contributed by atoms with E-state index >= 15 is 0 Å². The highest BCUT2D eigenvalue weighted by Crippen LogP contribution is 2.26. The summed E-state index contributed by atoms with van der Waals surface area (Å²) in [4.78, 5) is 27.3. The minimum atomic E-state index is 0.108. The summed E-state index contributed by atoms with van der Waals surface area (Å²) in [5.74, 6) is 1.43. The van der Waals surface area contributed by atoms with Gasteiger partial charge in [0.2, 0.25) is 11.8 Å². The van der Waals surface area contributed by atoms with E-state index in [0.717, 1.165) is 60.4 Å². The van der Waals surface area contributed by atoms with E-state index in [1.54, 1.807) is 11.3 Å². The Bertz CT molecular complexity index is 1120. The van der Waals surface area contributed by atoms with Gasteiger partial charge in [-0.25, -0.2) is 9.97 Å². The molecular formula is C22H23N5O2S. The Kier molecular flexibility index (Phi) is 5.10. The molecule has 154 valence electrons. The van der Waals surface area contributed by atoms with E-state index < -0.39 is 0 Å². The smallest absolute Gasteiger partial charge is 0.236 e. The Morgan fingerprint density at radius 3 is 2.77 bits per heavy atom. The minimum absolute atomic E-state index is 0.108. The van der Waals surface area contributed by atoms with Gasteiger partial charge in [0.1, 0.15) is 11.4 Å². The van der Waals surface area contributed by atoms with Gasteiger partial charge in [0.25, 0.3) is 0 Å². The van der Waals surface area contributed by atoms with Crippen LogP contribution in [-0.4, -0.2) is 56.3 Å². The normalized spacial score (nSPS) is 15.2. The molecule has 0 N–H and O–H groups in total. The van der Waals surface area contributed by atoms with Crippen molar-refractivity contribution in [2.45, 2.75) is 19.9 Å². The van der Waals surface area contributed by atoms with Gasteiger partial charge >= 0.3 is 0 Å². The van der Waals surface area contributed by atoms with E-state index in [0.29, 0.717) is 5.89 Å². The van der Waals surface area contributed by atoms with Crippen molar-refractivity contribution in [3.63, 3.8) is 0 Å². The highest BCUT2D eigenvalue weighted by atomic mass is 32.1. The average Bonchev–Trinajstić information content (AvgIpc) is 3.48. The molecule has 1 aliphatic heterocycles. The van der Waals surface area contributed by atoms with Crippen molar-refractivity contribution < 1.29 is 9.21 Å². The van der Waals surface area contributed by atoms with Crippen LogP contribution < -0.4 is 0 Å². The number of hydrogen-bond donors (Lipinski definition) is 0. The predicted octanol–water partition coefficient (Wildman–Crippen LogP) is 3.25. The highest BCUT2D eigenvalue weighted by molar-refractivity contribution is 7.13. The van der Waals surface area contributed by atoms with Crippen LogP contribution in [0.15, 0.2) is 52.5 Å². The van der Waals surface area contributed by atoms with Crippen LogP contribution in [0, 0.1) is 6.92 Å². The van der Waals surface area contributed by atoms with E-state index in [9.17, 15) is 4.79 Å². The number of imidazole rings is 1. The molecule has 4 aromatic heterocycles. The third-order valence-electron chi connectivity index (χ3n) is 5.47. The maximum atomic E-state index is 12.8. The Hall–Kier alpha value is -2.97. The number of rotatable bonds is 5. The first-order chi connectivity index (χ1) is 14.7. The monoisotopic (exact) mass is 421 g/mol. The molecule has 5 rings (SSSR count). The number of aryl methyl sites for hydroxylation is 1. The van der Waals surface area contributed by atoms with Crippen LogP contribution in [0.2, 0.25) is 0 Å². The highest BCUT2D eigenvalue weighted by Gasteiger charge is 2.24. The van der Waals surface area contributed by atoms with E-state index in [4.69, 9.17) is 4.42 Å². The number of aromatic nitrogens is 3. The van der Waals surface area contributed by atoms with Crippen LogP contribution in [0.25, 0.3) is 16.4 Å². The van der Waals surface area contributed by atoms with Gasteiger partial charge in [-0.15, -0.1) is 11.3 Å². The molecule has 1 fully saturated rings. The molecule has 0 aliphatic carbocycles. The fourth-order valence-corrected chi connectivity index (χ4v) is 4.45. The molecule has 0 saturated carbocycles. The van der Waals surface area contributed by atoms with Crippen molar-refractivity contribution in [2.75, 3.05) is 26.2 Å². The van der Waals surface area contributed by atoms with E-state index in [-0.39, 0.29) is 12.3 Å². The number of thiophene rings is 1. The van der Waals surface area contributed by atoms with Crippen LogP contribution in [0.5, 0.6) is 0 Å². The number of piperazine rings is 1. The zero-order chi connectivity index (χ0) is 20.5. The lowest BCUT2D eigenvalue weighted by molar-refractivity contribution is -0.132. The third kappa shape index (κ3) is 3.88. The summed E-state index contributed by atoms with van der Waals surface area (Å²) in [5, 5.41) is 1.99. The first-order valence-corrected chi connectivity index (χ1v) is 11.0. The van der Waals surface area contributed by atoms with Gasteiger partial charge < -0.3 is 13.7 Å². The Morgan fingerprint density at radius 1 is 1.13 bits per heavy atom. The van der Waals surface area contributed by atoms with E-state index in [1.165, 1.54) is 0 Å².